The van der Waals surface area contributed by atoms with Crippen LogP contribution in [0.1, 0.15) is 26.2 Å². The van der Waals surface area contributed by atoms with Crippen LogP contribution >= 0.6 is 15.9 Å². The van der Waals surface area contributed by atoms with Gasteiger partial charge in [0.2, 0.25) is 0 Å². The van der Waals surface area contributed by atoms with Gasteiger partial charge in [-0.2, -0.15) is 5.26 Å². The fraction of sp³-hybridized carbons (Fsp3) is 0.857. The van der Waals surface area contributed by atoms with Gasteiger partial charge in [0.25, 0.3) is 0 Å². The fourth-order valence-corrected chi connectivity index (χ4v) is 1.37. The Morgan fingerprint density at radius 1 is 1.78 bits per heavy atom. The van der Waals surface area contributed by atoms with Crippen LogP contribution in [0.3, 0.4) is 0 Å². The van der Waals surface area contributed by atoms with Crippen LogP contribution in [-0.2, 0) is 0 Å². The maximum absolute atomic E-state index is 8.57. The van der Waals surface area contributed by atoms with Crippen LogP contribution in [0.4, 0.5) is 0 Å². The van der Waals surface area contributed by atoms with E-state index in [9.17, 15) is 0 Å². The summed E-state index contributed by atoms with van der Waals surface area (Å²) in [6.07, 6.45) is 3.66. The Kier molecular flexibility index (Phi) is 1.81. The average molecular weight is 188 g/mol. The van der Waals surface area contributed by atoms with Crippen LogP contribution in [0.5, 0.6) is 0 Å². The van der Waals surface area contributed by atoms with Gasteiger partial charge in [0.15, 0.2) is 0 Å². The van der Waals surface area contributed by atoms with Crippen molar-refractivity contribution in [2.24, 2.45) is 5.92 Å². The SMILES string of the molecule is CC(Br)(C#N)CC1CC1. The highest BCUT2D eigenvalue weighted by Gasteiger charge is 2.31. The Balaban J connectivity index is 2.32. The van der Waals surface area contributed by atoms with E-state index in [1.54, 1.807) is 0 Å². The summed E-state index contributed by atoms with van der Waals surface area (Å²) in [7, 11) is 0. The molecular weight excluding hydrogens is 178 g/mol. The lowest BCUT2D eigenvalue weighted by molar-refractivity contribution is 0.652. The van der Waals surface area contributed by atoms with E-state index < -0.39 is 0 Å². The first-order chi connectivity index (χ1) is 4.14. The summed E-state index contributed by atoms with van der Waals surface area (Å²) >= 11 is 3.36. The molecule has 0 N–H and O–H groups in total. The first kappa shape index (κ1) is 7.08. The monoisotopic (exact) mass is 187 g/mol. The third-order valence-corrected chi connectivity index (χ3v) is 2.10. The van der Waals surface area contributed by atoms with Gasteiger partial charge in [-0.15, -0.1) is 0 Å². The van der Waals surface area contributed by atoms with Crippen molar-refractivity contribution in [2.75, 3.05) is 0 Å². The molecular formula is C7H10BrN. The highest BCUT2D eigenvalue weighted by atomic mass is 79.9. The molecule has 0 aromatic heterocycles. The summed E-state index contributed by atoms with van der Waals surface area (Å²) in [5.74, 6) is 0.828. The van der Waals surface area contributed by atoms with Crippen molar-refractivity contribution in [1.82, 2.24) is 0 Å². The molecule has 1 rings (SSSR count). The van der Waals surface area contributed by atoms with E-state index in [1.165, 1.54) is 12.8 Å². The van der Waals surface area contributed by atoms with Crippen LogP contribution in [0.15, 0.2) is 0 Å². The van der Waals surface area contributed by atoms with E-state index in [4.69, 9.17) is 5.26 Å². The van der Waals surface area contributed by atoms with Gasteiger partial charge in [-0.1, -0.05) is 28.8 Å². The molecule has 0 bridgehead atoms. The molecule has 1 saturated carbocycles. The minimum atomic E-state index is -0.256. The third kappa shape index (κ3) is 2.36. The van der Waals surface area contributed by atoms with Gasteiger partial charge in [0.1, 0.15) is 4.32 Å². The molecule has 9 heavy (non-hydrogen) atoms. The maximum atomic E-state index is 8.57. The topological polar surface area (TPSA) is 23.8 Å². The number of alkyl halides is 1. The van der Waals surface area contributed by atoms with Crippen molar-refractivity contribution in [1.29, 1.82) is 5.26 Å². The summed E-state index contributed by atoms with van der Waals surface area (Å²) < 4.78 is -0.256. The zero-order valence-electron chi connectivity index (χ0n) is 5.52. The predicted octanol–water partition coefficient (Wildman–Crippen LogP) is 2.46. The van der Waals surface area contributed by atoms with Crippen molar-refractivity contribution in [3.8, 4) is 6.07 Å². The lowest BCUT2D eigenvalue weighted by Crippen LogP contribution is -2.12. The van der Waals surface area contributed by atoms with Gasteiger partial charge in [0, 0.05) is 0 Å². The maximum Gasteiger partial charge on any atom is 0.109 e. The summed E-state index contributed by atoms with van der Waals surface area (Å²) in [6.45, 7) is 1.94. The van der Waals surface area contributed by atoms with Gasteiger partial charge in [-0.25, -0.2) is 0 Å². The molecule has 0 amide bonds. The molecule has 1 nitrogen and oxygen atoms in total. The van der Waals surface area contributed by atoms with E-state index in [1.807, 2.05) is 6.92 Å². The minimum Gasteiger partial charge on any atom is -0.197 e. The Bertz CT molecular complexity index is 141. The van der Waals surface area contributed by atoms with Crippen molar-refractivity contribution in [2.45, 2.75) is 30.5 Å². The summed E-state index contributed by atoms with van der Waals surface area (Å²) in [5, 5.41) is 8.57. The molecule has 1 unspecified atom stereocenters. The molecule has 0 spiro atoms. The van der Waals surface area contributed by atoms with Gasteiger partial charge in [-0.3, -0.25) is 0 Å². The van der Waals surface area contributed by atoms with Crippen molar-refractivity contribution >= 4 is 15.9 Å². The van der Waals surface area contributed by atoms with Crippen LogP contribution in [0, 0.1) is 17.2 Å². The predicted molar refractivity (Wildman–Crippen MR) is 40.3 cm³/mol. The summed E-state index contributed by atoms with van der Waals surface area (Å²) in [6, 6.07) is 2.23. The largest absolute Gasteiger partial charge is 0.197 e. The second-order valence-electron chi connectivity index (χ2n) is 2.96. The summed E-state index contributed by atoms with van der Waals surface area (Å²) in [4.78, 5) is 0. The molecule has 2 heteroatoms. The first-order valence-electron chi connectivity index (χ1n) is 3.24. The van der Waals surface area contributed by atoms with E-state index in [0.29, 0.717) is 0 Å². The Morgan fingerprint density at radius 2 is 2.33 bits per heavy atom. The second kappa shape index (κ2) is 2.30. The fourth-order valence-electron chi connectivity index (χ4n) is 0.910. The molecule has 0 aromatic carbocycles. The normalized spacial score (nSPS) is 24.6. The lowest BCUT2D eigenvalue weighted by Gasteiger charge is -2.10. The Hall–Kier alpha value is -0.0300. The molecule has 0 aromatic rings. The molecule has 50 valence electrons. The Morgan fingerprint density at radius 3 is 2.67 bits per heavy atom. The molecule has 0 radical (unpaired) electrons. The van der Waals surface area contributed by atoms with Crippen LogP contribution in [0.2, 0.25) is 0 Å². The molecule has 1 aliphatic rings. The number of nitriles is 1. The van der Waals surface area contributed by atoms with E-state index >= 15 is 0 Å². The number of hydrogen-bond acceptors (Lipinski definition) is 1. The van der Waals surface area contributed by atoms with Crippen LogP contribution < -0.4 is 0 Å². The van der Waals surface area contributed by atoms with Crippen LogP contribution in [-0.4, -0.2) is 4.32 Å². The zero-order valence-corrected chi connectivity index (χ0v) is 7.11. The zero-order chi connectivity index (χ0) is 6.91. The molecule has 0 aliphatic heterocycles. The second-order valence-corrected chi connectivity index (χ2v) is 4.71. The van der Waals surface area contributed by atoms with Gasteiger partial charge in [0.05, 0.1) is 6.07 Å². The lowest BCUT2D eigenvalue weighted by atomic mass is 10.1. The average Bonchev–Trinajstić information content (AvgIpc) is 2.50. The van der Waals surface area contributed by atoms with E-state index in [0.717, 1.165) is 12.3 Å². The molecule has 1 aliphatic carbocycles. The Labute approximate surface area is 64.2 Å². The van der Waals surface area contributed by atoms with Crippen molar-refractivity contribution in [3.63, 3.8) is 0 Å². The minimum absolute atomic E-state index is 0.256. The van der Waals surface area contributed by atoms with Gasteiger partial charge in [-0.05, 0) is 19.3 Å². The quantitative estimate of drug-likeness (QED) is 0.610. The molecule has 0 saturated heterocycles. The number of rotatable bonds is 2. The molecule has 1 fully saturated rings. The molecule has 0 heterocycles. The number of hydrogen-bond donors (Lipinski definition) is 0. The van der Waals surface area contributed by atoms with Crippen LogP contribution in [0.25, 0.3) is 0 Å². The first-order valence-corrected chi connectivity index (χ1v) is 4.03. The smallest absolute Gasteiger partial charge is 0.109 e. The van der Waals surface area contributed by atoms with E-state index in [-0.39, 0.29) is 4.32 Å². The standard InChI is InChI=1S/C7H10BrN/c1-7(8,5-9)4-6-2-3-6/h6H,2-4H2,1H3. The van der Waals surface area contributed by atoms with Crippen molar-refractivity contribution in [3.05, 3.63) is 0 Å². The van der Waals surface area contributed by atoms with Gasteiger partial charge >= 0.3 is 0 Å². The summed E-state index contributed by atoms with van der Waals surface area (Å²) in [5.41, 5.74) is 0. The third-order valence-electron chi connectivity index (χ3n) is 1.60. The van der Waals surface area contributed by atoms with Gasteiger partial charge < -0.3 is 0 Å². The van der Waals surface area contributed by atoms with Crippen molar-refractivity contribution < 1.29 is 0 Å². The number of nitrogens with zero attached hydrogens (tertiary/aromatic N) is 1. The molecule has 1 atom stereocenters. The number of halogens is 1. The van der Waals surface area contributed by atoms with E-state index in [2.05, 4.69) is 22.0 Å². The highest BCUT2D eigenvalue weighted by Crippen LogP contribution is 2.39. The highest BCUT2D eigenvalue weighted by molar-refractivity contribution is 9.10.